The molecule has 1 heterocycles. The predicted octanol–water partition coefficient (Wildman–Crippen LogP) is 2.29. The number of benzene rings is 1. The van der Waals surface area contributed by atoms with Gasteiger partial charge in [0, 0.05) is 11.8 Å². The summed E-state index contributed by atoms with van der Waals surface area (Å²) in [5.41, 5.74) is 1.82. The predicted molar refractivity (Wildman–Crippen MR) is 62.0 cm³/mol. The molecule has 0 saturated carbocycles. The van der Waals surface area contributed by atoms with Crippen LogP contribution in [0.15, 0.2) is 35.0 Å². The molecule has 1 aromatic carbocycles. The van der Waals surface area contributed by atoms with Crippen LogP contribution in [0.4, 0.5) is 5.69 Å². The fourth-order valence-electron chi connectivity index (χ4n) is 1.51. The lowest BCUT2D eigenvalue weighted by Gasteiger charge is -2.08. The third-order valence-electron chi connectivity index (χ3n) is 2.35. The number of carbonyl (C=O) groups is 1. The molecule has 0 atom stereocenters. The average molecular weight is 232 g/mol. The van der Waals surface area contributed by atoms with Crippen molar-refractivity contribution in [2.24, 2.45) is 0 Å². The molecule has 88 valence electrons. The SMILES string of the molecule is Cc1ccc(C(=O)O)c(NCc2ccno2)c1. The van der Waals surface area contributed by atoms with Crippen LogP contribution < -0.4 is 5.32 Å². The van der Waals surface area contributed by atoms with E-state index in [2.05, 4.69) is 10.5 Å². The van der Waals surface area contributed by atoms with Crippen molar-refractivity contribution in [3.63, 3.8) is 0 Å². The number of rotatable bonds is 4. The molecule has 0 saturated heterocycles. The summed E-state index contributed by atoms with van der Waals surface area (Å²) < 4.78 is 4.93. The second kappa shape index (κ2) is 4.69. The highest BCUT2D eigenvalue weighted by Crippen LogP contribution is 2.18. The largest absolute Gasteiger partial charge is 0.478 e. The first kappa shape index (κ1) is 11.2. The number of hydrogen-bond donors (Lipinski definition) is 2. The van der Waals surface area contributed by atoms with Gasteiger partial charge in [-0.3, -0.25) is 0 Å². The lowest BCUT2D eigenvalue weighted by Crippen LogP contribution is -2.06. The van der Waals surface area contributed by atoms with E-state index in [4.69, 9.17) is 9.63 Å². The summed E-state index contributed by atoms with van der Waals surface area (Å²) in [6.45, 7) is 2.31. The van der Waals surface area contributed by atoms with Crippen LogP contribution in [-0.2, 0) is 6.54 Å². The highest BCUT2D eigenvalue weighted by Gasteiger charge is 2.10. The summed E-state index contributed by atoms with van der Waals surface area (Å²) >= 11 is 0. The minimum absolute atomic E-state index is 0.245. The molecular formula is C12H12N2O3. The second-order valence-electron chi connectivity index (χ2n) is 3.69. The Bertz CT molecular complexity index is 521. The molecule has 2 N–H and O–H groups in total. The van der Waals surface area contributed by atoms with Crippen molar-refractivity contribution in [2.75, 3.05) is 5.32 Å². The van der Waals surface area contributed by atoms with E-state index < -0.39 is 5.97 Å². The minimum atomic E-state index is -0.954. The number of nitrogens with one attached hydrogen (secondary N) is 1. The van der Waals surface area contributed by atoms with E-state index in [1.54, 1.807) is 30.5 Å². The first-order valence-electron chi connectivity index (χ1n) is 5.14. The Morgan fingerprint density at radius 1 is 1.47 bits per heavy atom. The van der Waals surface area contributed by atoms with Gasteiger partial charge in [0.15, 0.2) is 5.76 Å². The number of carboxylic acid groups (broad SMARTS) is 1. The Balaban J connectivity index is 2.19. The molecule has 0 radical (unpaired) electrons. The summed E-state index contributed by atoms with van der Waals surface area (Å²) in [7, 11) is 0. The molecule has 2 rings (SSSR count). The third kappa shape index (κ3) is 2.63. The fourth-order valence-corrected chi connectivity index (χ4v) is 1.51. The smallest absolute Gasteiger partial charge is 0.337 e. The molecule has 0 aliphatic carbocycles. The van der Waals surface area contributed by atoms with Crippen molar-refractivity contribution in [1.29, 1.82) is 0 Å². The van der Waals surface area contributed by atoms with Gasteiger partial charge in [0.05, 0.1) is 18.3 Å². The number of nitrogens with zero attached hydrogens (tertiary/aromatic N) is 1. The Hall–Kier alpha value is -2.30. The van der Waals surface area contributed by atoms with Crippen LogP contribution >= 0.6 is 0 Å². The number of carboxylic acids is 1. The van der Waals surface area contributed by atoms with Gasteiger partial charge >= 0.3 is 5.97 Å². The van der Waals surface area contributed by atoms with Crippen LogP contribution in [0.25, 0.3) is 0 Å². The van der Waals surface area contributed by atoms with Gasteiger partial charge in [-0.25, -0.2) is 4.79 Å². The summed E-state index contributed by atoms with van der Waals surface area (Å²) in [5, 5.41) is 15.6. The molecule has 0 bridgehead atoms. The molecular weight excluding hydrogens is 220 g/mol. The van der Waals surface area contributed by atoms with Gasteiger partial charge in [-0.15, -0.1) is 0 Å². The van der Waals surface area contributed by atoms with Crippen LogP contribution in [0, 0.1) is 6.92 Å². The third-order valence-corrected chi connectivity index (χ3v) is 2.35. The molecule has 0 fully saturated rings. The standard InChI is InChI=1S/C12H12N2O3/c1-8-2-3-10(12(15)16)11(6-8)13-7-9-4-5-14-17-9/h2-6,13H,7H2,1H3,(H,15,16). The van der Waals surface area contributed by atoms with Gasteiger partial charge in [-0.2, -0.15) is 0 Å². The van der Waals surface area contributed by atoms with Crippen molar-refractivity contribution >= 4 is 11.7 Å². The van der Waals surface area contributed by atoms with Crippen LogP contribution in [0.5, 0.6) is 0 Å². The maximum absolute atomic E-state index is 11.0. The Labute approximate surface area is 98.1 Å². The highest BCUT2D eigenvalue weighted by molar-refractivity contribution is 5.94. The Morgan fingerprint density at radius 2 is 2.29 bits per heavy atom. The van der Waals surface area contributed by atoms with Crippen LogP contribution in [-0.4, -0.2) is 16.2 Å². The Morgan fingerprint density at radius 3 is 2.94 bits per heavy atom. The van der Waals surface area contributed by atoms with E-state index in [-0.39, 0.29) is 5.56 Å². The molecule has 0 spiro atoms. The molecule has 0 amide bonds. The van der Waals surface area contributed by atoms with Gasteiger partial charge in [0.1, 0.15) is 0 Å². The van der Waals surface area contributed by atoms with E-state index in [1.165, 1.54) is 0 Å². The van der Waals surface area contributed by atoms with Crippen molar-refractivity contribution in [1.82, 2.24) is 5.16 Å². The van der Waals surface area contributed by atoms with Crippen molar-refractivity contribution < 1.29 is 14.4 Å². The van der Waals surface area contributed by atoms with E-state index >= 15 is 0 Å². The maximum atomic E-state index is 11.0. The number of anilines is 1. The van der Waals surface area contributed by atoms with Gasteiger partial charge in [-0.1, -0.05) is 11.2 Å². The summed E-state index contributed by atoms with van der Waals surface area (Å²) in [6, 6.07) is 6.87. The number of aromatic nitrogens is 1. The monoisotopic (exact) mass is 232 g/mol. The second-order valence-corrected chi connectivity index (χ2v) is 3.69. The molecule has 0 aliphatic rings. The minimum Gasteiger partial charge on any atom is -0.478 e. The van der Waals surface area contributed by atoms with Crippen LogP contribution in [0.3, 0.4) is 0 Å². The molecule has 17 heavy (non-hydrogen) atoms. The zero-order valence-corrected chi connectivity index (χ0v) is 9.30. The van der Waals surface area contributed by atoms with E-state index in [0.29, 0.717) is 18.0 Å². The fraction of sp³-hybridized carbons (Fsp3) is 0.167. The zero-order valence-electron chi connectivity index (χ0n) is 9.30. The summed E-state index contributed by atoms with van der Waals surface area (Å²) in [6.07, 6.45) is 1.55. The quantitative estimate of drug-likeness (QED) is 0.845. The maximum Gasteiger partial charge on any atom is 0.337 e. The molecule has 5 heteroatoms. The molecule has 1 aromatic heterocycles. The number of aryl methyl sites for hydroxylation is 1. The molecule has 0 aliphatic heterocycles. The zero-order chi connectivity index (χ0) is 12.3. The average Bonchev–Trinajstić information content (AvgIpc) is 2.78. The topological polar surface area (TPSA) is 75.4 Å². The van der Waals surface area contributed by atoms with Crippen LogP contribution in [0.1, 0.15) is 21.7 Å². The van der Waals surface area contributed by atoms with Crippen LogP contribution in [0.2, 0.25) is 0 Å². The summed E-state index contributed by atoms with van der Waals surface area (Å²) in [5.74, 6) is -0.298. The van der Waals surface area contributed by atoms with Crippen molar-refractivity contribution in [2.45, 2.75) is 13.5 Å². The van der Waals surface area contributed by atoms with E-state index in [9.17, 15) is 4.79 Å². The summed E-state index contributed by atoms with van der Waals surface area (Å²) in [4.78, 5) is 11.0. The van der Waals surface area contributed by atoms with E-state index in [0.717, 1.165) is 5.56 Å². The number of hydrogen-bond acceptors (Lipinski definition) is 4. The number of aromatic carboxylic acids is 1. The first-order valence-corrected chi connectivity index (χ1v) is 5.14. The van der Waals surface area contributed by atoms with Gasteiger partial charge in [0.25, 0.3) is 0 Å². The lowest BCUT2D eigenvalue weighted by atomic mass is 10.1. The van der Waals surface area contributed by atoms with Crippen molar-refractivity contribution in [3.05, 3.63) is 47.3 Å². The highest BCUT2D eigenvalue weighted by atomic mass is 16.5. The molecule has 0 unspecified atom stereocenters. The van der Waals surface area contributed by atoms with Gasteiger partial charge < -0.3 is 14.9 Å². The van der Waals surface area contributed by atoms with E-state index in [1.807, 2.05) is 6.92 Å². The first-order chi connectivity index (χ1) is 8.16. The Kier molecular flexibility index (Phi) is 3.09. The molecule has 2 aromatic rings. The lowest BCUT2D eigenvalue weighted by molar-refractivity contribution is 0.0698. The van der Waals surface area contributed by atoms with Gasteiger partial charge in [0.2, 0.25) is 0 Å². The van der Waals surface area contributed by atoms with Crippen molar-refractivity contribution in [3.8, 4) is 0 Å². The molecule has 5 nitrogen and oxygen atoms in total. The normalized spacial score (nSPS) is 10.2. The van der Waals surface area contributed by atoms with Gasteiger partial charge in [-0.05, 0) is 24.6 Å².